The van der Waals surface area contributed by atoms with Gasteiger partial charge in [0.1, 0.15) is 22.2 Å². The summed E-state index contributed by atoms with van der Waals surface area (Å²) in [6.07, 6.45) is 2.98. The largest absolute Gasteiger partial charge is 0.382 e. The number of aromatic nitrogens is 4. The number of hydrogen-bond acceptors (Lipinski definition) is 6. The second-order valence-corrected chi connectivity index (χ2v) is 5.13. The van der Waals surface area contributed by atoms with Crippen LogP contribution in [0.1, 0.15) is 19.0 Å². The van der Waals surface area contributed by atoms with Gasteiger partial charge in [0.2, 0.25) is 0 Å². The highest BCUT2D eigenvalue weighted by Crippen LogP contribution is 2.31. The zero-order valence-corrected chi connectivity index (χ0v) is 11.8. The van der Waals surface area contributed by atoms with E-state index >= 15 is 0 Å². The second kappa shape index (κ2) is 6.03. The average molecular weight is 298 g/mol. The second-order valence-electron chi connectivity index (χ2n) is 3.77. The summed E-state index contributed by atoms with van der Waals surface area (Å²) in [5, 5.41) is 1.16. The molecule has 0 aliphatic heterocycles. The van der Waals surface area contributed by atoms with Crippen molar-refractivity contribution < 1.29 is 0 Å². The Hall–Kier alpha value is -1.60. The third-order valence-corrected chi connectivity index (χ3v) is 3.63. The van der Waals surface area contributed by atoms with Gasteiger partial charge in [-0.15, -0.1) is 0 Å². The number of aromatic amines is 1. The maximum atomic E-state index is 11.5. The molecule has 0 aliphatic carbocycles. The monoisotopic (exact) mass is 297 g/mol. The Morgan fingerprint density at radius 1 is 1.47 bits per heavy atom. The van der Waals surface area contributed by atoms with Gasteiger partial charge in [0, 0.05) is 11.8 Å². The van der Waals surface area contributed by atoms with Crippen molar-refractivity contribution in [3.63, 3.8) is 0 Å². The SMILES string of the molecule is CCCc1cc(=O)[nH]c(Sc2ncnc(N)c2Cl)n1. The van der Waals surface area contributed by atoms with E-state index in [4.69, 9.17) is 17.3 Å². The summed E-state index contributed by atoms with van der Waals surface area (Å²) in [6.45, 7) is 2.03. The Bertz CT molecular complexity index is 645. The summed E-state index contributed by atoms with van der Waals surface area (Å²) < 4.78 is 0. The molecule has 2 aromatic heterocycles. The highest BCUT2D eigenvalue weighted by molar-refractivity contribution is 7.99. The predicted octanol–water partition coefficient (Wildman–Crippen LogP) is 1.90. The van der Waals surface area contributed by atoms with Gasteiger partial charge in [-0.05, 0) is 18.2 Å². The average Bonchev–Trinajstić information content (AvgIpc) is 2.35. The minimum Gasteiger partial charge on any atom is -0.382 e. The molecule has 0 amide bonds. The minimum absolute atomic E-state index is 0.195. The van der Waals surface area contributed by atoms with E-state index in [-0.39, 0.29) is 16.4 Å². The van der Waals surface area contributed by atoms with E-state index in [1.807, 2.05) is 6.92 Å². The molecular formula is C11H12ClN5OS. The van der Waals surface area contributed by atoms with Crippen molar-refractivity contribution in [1.82, 2.24) is 19.9 Å². The summed E-state index contributed by atoms with van der Waals surface area (Å²) in [5.41, 5.74) is 6.14. The lowest BCUT2D eigenvalue weighted by Crippen LogP contribution is -2.10. The van der Waals surface area contributed by atoms with Crippen LogP contribution in [0.5, 0.6) is 0 Å². The van der Waals surface area contributed by atoms with E-state index in [9.17, 15) is 4.79 Å². The summed E-state index contributed by atoms with van der Waals surface area (Å²) in [6, 6.07) is 1.49. The first kappa shape index (κ1) is 13.8. The van der Waals surface area contributed by atoms with Crippen molar-refractivity contribution in [3.8, 4) is 0 Å². The molecule has 2 heterocycles. The van der Waals surface area contributed by atoms with E-state index in [0.717, 1.165) is 30.3 Å². The Balaban J connectivity index is 2.32. The van der Waals surface area contributed by atoms with E-state index in [2.05, 4.69) is 19.9 Å². The number of aryl methyl sites for hydroxylation is 1. The molecule has 0 radical (unpaired) electrons. The lowest BCUT2D eigenvalue weighted by atomic mass is 10.2. The number of nitrogens with two attached hydrogens (primary N) is 1. The van der Waals surface area contributed by atoms with Crippen molar-refractivity contribution in [2.45, 2.75) is 29.9 Å². The van der Waals surface area contributed by atoms with Crippen molar-refractivity contribution in [3.05, 3.63) is 33.5 Å². The number of nitrogens with one attached hydrogen (secondary N) is 1. The van der Waals surface area contributed by atoms with Crippen LogP contribution in [0, 0.1) is 0 Å². The molecular weight excluding hydrogens is 286 g/mol. The number of nitrogen functional groups attached to an aromatic ring is 1. The van der Waals surface area contributed by atoms with Crippen LogP contribution in [-0.4, -0.2) is 19.9 Å². The van der Waals surface area contributed by atoms with E-state index in [1.54, 1.807) is 0 Å². The number of anilines is 1. The van der Waals surface area contributed by atoms with Crippen LogP contribution < -0.4 is 11.3 Å². The van der Waals surface area contributed by atoms with Gasteiger partial charge < -0.3 is 10.7 Å². The smallest absolute Gasteiger partial charge is 0.251 e. The highest BCUT2D eigenvalue weighted by Gasteiger charge is 2.10. The number of halogens is 1. The van der Waals surface area contributed by atoms with Crippen LogP contribution in [0.4, 0.5) is 5.82 Å². The third kappa shape index (κ3) is 3.45. The highest BCUT2D eigenvalue weighted by atomic mass is 35.5. The number of H-pyrrole nitrogens is 1. The van der Waals surface area contributed by atoms with Gasteiger partial charge in [0.15, 0.2) is 5.16 Å². The van der Waals surface area contributed by atoms with E-state index in [0.29, 0.717) is 10.2 Å². The minimum atomic E-state index is -0.195. The molecule has 0 saturated heterocycles. The molecule has 0 unspecified atom stereocenters. The first-order valence-electron chi connectivity index (χ1n) is 5.64. The van der Waals surface area contributed by atoms with Crippen LogP contribution in [-0.2, 0) is 6.42 Å². The van der Waals surface area contributed by atoms with Crippen LogP contribution in [0.25, 0.3) is 0 Å². The van der Waals surface area contributed by atoms with Crippen LogP contribution >= 0.6 is 23.4 Å². The fraction of sp³-hybridized carbons (Fsp3) is 0.273. The molecule has 0 spiro atoms. The molecule has 0 aromatic carbocycles. The molecule has 0 atom stereocenters. The van der Waals surface area contributed by atoms with Crippen molar-refractivity contribution >= 4 is 29.2 Å². The van der Waals surface area contributed by atoms with Crippen LogP contribution in [0.15, 0.2) is 27.4 Å². The summed E-state index contributed by atoms with van der Waals surface area (Å²) in [7, 11) is 0. The summed E-state index contributed by atoms with van der Waals surface area (Å²) in [4.78, 5) is 26.3. The van der Waals surface area contributed by atoms with Gasteiger partial charge in [0.25, 0.3) is 5.56 Å². The predicted molar refractivity (Wildman–Crippen MR) is 74.4 cm³/mol. The fourth-order valence-corrected chi connectivity index (χ4v) is 2.45. The zero-order valence-electron chi connectivity index (χ0n) is 10.2. The lowest BCUT2D eigenvalue weighted by molar-refractivity contribution is 0.815. The molecule has 19 heavy (non-hydrogen) atoms. The van der Waals surface area contributed by atoms with Gasteiger partial charge in [0.05, 0.1) is 0 Å². The molecule has 2 rings (SSSR count). The Labute approximate surface area is 118 Å². The summed E-state index contributed by atoms with van der Waals surface area (Å²) in [5.74, 6) is 0.200. The van der Waals surface area contributed by atoms with Gasteiger partial charge >= 0.3 is 0 Å². The number of nitrogens with zero attached hydrogens (tertiary/aromatic N) is 3. The van der Waals surface area contributed by atoms with Crippen LogP contribution in [0.3, 0.4) is 0 Å². The van der Waals surface area contributed by atoms with E-state index in [1.165, 1.54) is 12.4 Å². The molecule has 0 saturated carbocycles. The molecule has 3 N–H and O–H groups in total. The Morgan fingerprint density at radius 2 is 2.26 bits per heavy atom. The number of rotatable bonds is 4. The van der Waals surface area contributed by atoms with Crippen molar-refractivity contribution in [2.24, 2.45) is 0 Å². The summed E-state index contributed by atoms with van der Waals surface area (Å²) >= 11 is 7.15. The maximum Gasteiger partial charge on any atom is 0.251 e. The van der Waals surface area contributed by atoms with E-state index < -0.39 is 0 Å². The normalized spacial score (nSPS) is 10.6. The maximum absolute atomic E-state index is 11.5. The van der Waals surface area contributed by atoms with Gasteiger partial charge in [-0.3, -0.25) is 4.79 Å². The molecule has 8 heteroatoms. The van der Waals surface area contributed by atoms with Crippen molar-refractivity contribution in [2.75, 3.05) is 5.73 Å². The molecule has 2 aromatic rings. The zero-order chi connectivity index (χ0) is 13.8. The first-order chi connectivity index (χ1) is 9.10. The molecule has 0 fully saturated rings. The van der Waals surface area contributed by atoms with Crippen molar-refractivity contribution in [1.29, 1.82) is 0 Å². The molecule has 0 aliphatic rings. The molecule has 0 bridgehead atoms. The quantitative estimate of drug-likeness (QED) is 0.661. The van der Waals surface area contributed by atoms with Gasteiger partial charge in [-0.25, -0.2) is 15.0 Å². The van der Waals surface area contributed by atoms with Crippen LogP contribution in [0.2, 0.25) is 5.02 Å². The standard InChI is InChI=1S/C11H12ClN5OS/c1-2-3-6-4-7(18)17-11(16-6)19-10-8(12)9(13)14-5-15-10/h4-5H,2-3H2,1H3,(H2,13,14,15)(H,16,17,18). The first-order valence-corrected chi connectivity index (χ1v) is 6.83. The topological polar surface area (TPSA) is 97.5 Å². The third-order valence-electron chi connectivity index (χ3n) is 2.26. The number of hydrogen-bond donors (Lipinski definition) is 2. The molecule has 6 nitrogen and oxygen atoms in total. The fourth-order valence-electron chi connectivity index (χ4n) is 1.45. The Kier molecular flexibility index (Phi) is 4.39. The van der Waals surface area contributed by atoms with Gasteiger partial charge in [-0.1, -0.05) is 24.9 Å². The lowest BCUT2D eigenvalue weighted by Gasteiger charge is -2.05. The Morgan fingerprint density at radius 3 is 3.00 bits per heavy atom. The van der Waals surface area contributed by atoms with Gasteiger partial charge in [-0.2, -0.15) is 0 Å². The molecule has 100 valence electrons.